The van der Waals surface area contributed by atoms with Crippen LogP contribution >= 0.6 is 11.6 Å². The van der Waals surface area contributed by atoms with Gasteiger partial charge in [-0.15, -0.1) is 0 Å². The van der Waals surface area contributed by atoms with Crippen molar-refractivity contribution in [1.29, 1.82) is 0 Å². The van der Waals surface area contributed by atoms with Gasteiger partial charge in [0.25, 0.3) is 0 Å². The molecule has 1 aromatic heterocycles. The van der Waals surface area contributed by atoms with E-state index in [-0.39, 0.29) is 12.2 Å². The molecule has 106 valence electrons. The number of aromatic carboxylic acids is 1. The van der Waals surface area contributed by atoms with Crippen LogP contribution in [0.3, 0.4) is 0 Å². The molecule has 0 unspecified atom stereocenters. The van der Waals surface area contributed by atoms with Crippen LogP contribution in [0.2, 0.25) is 5.02 Å². The maximum absolute atomic E-state index is 10.9. The van der Waals surface area contributed by atoms with Gasteiger partial charge in [0.2, 0.25) is 0 Å². The maximum Gasteiger partial charge on any atom is 0.339 e. The molecular formula is C15H15ClO4. The molecule has 0 aliphatic rings. The van der Waals surface area contributed by atoms with E-state index in [1.807, 2.05) is 13.0 Å². The summed E-state index contributed by atoms with van der Waals surface area (Å²) in [6, 6.07) is 6.91. The Morgan fingerprint density at radius 3 is 2.75 bits per heavy atom. The number of carbonyl (C=O) groups is 1. The summed E-state index contributed by atoms with van der Waals surface area (Å²) < 4.78 is 10.9. The molecule has 5 heteroatoms. The van der Waals surface area contributed by atoms with Crippen molar-refractivity contribution in [2.45, 2.75) is 26.9 Å². The number of carboxylic acid groups (broad SMARTS) is 1. The molecule has 0 bridgehead atoms. The third-order valence-electron chi connectivity index (χ3n) is 2.98. The lowest BCUT2D eigenvalue weighted by Crippen LogP contribution is -1.96. The molecule has 0 aliphatic carbocycles. The molecule has 0 fully saturated rings. The molecule has 1 N–H and O–H groups in total. The first-order valence-corrected chi connectivity index (χ1v) is 6.63. The summed E-state index contributed by atoms with van der Waals surface area (Å²) in [5, 5.41) is 9.66. The molecule has 0 saturated carbocycles. The highest BCUT2D eigenvalue weighted by Gasteiger charge is 2.14. The smallest absolute Gasteiger partial charge is 0.339 e. The van der Waals surface area contributed by atoms with Gasteiger partial charge >= 0.3 is 5.97 Å². The minimum atomic E-state index is -1.00. The van der Waals surface area contributed by atoms with Gasteiger partial charge in [-0.1, -0.05) is 18.5 Å². The van der Waals surface area contributed by atoms with E-state index in [0.29, 0.717) is 22.3 Å². The molecule has 1 heterocycles. The fourth-order valence-electron chi connectivity index (χ4n) is 1.89. The molecule has 0 aliphatic heterocycles. The van der Waals surface area contributed by atoms with Gasteiger partial charge in [-0.05, 0) is 43.2 Å². The largest absolute Gasteiger partial charge is 0.486 e. The Hall–Kier alpha value is -1.94. The van der Waals surface area contributed by atoms with Gasteiger partial charge in [0.15, 0.2) is 0 Å². The third-order valence-corrected chi connectivity index (χ3v) is 3.35. The molecule has 1 aromatic carbocycles. The van der Waals surface area contributed by atoms with Crippen LogP contribution < -0.4 is 4.74 Å². The Kier molecular flexibility index (Phi) is 4.35. The van der Waals surface area contributed by atoms with E-state index in [1.165, 1.54) is 6.07 Å². The Bertz CT molecular complexity index is 631. The fourth-order valence-corrected chi connectivity index (χ4v) is 2.14. The van der Waals surface area contributed by atoms with Gasteiger partial charge in [-0.2, -0.15) is 0 Å². The van der Waals surface area contributed by atoms with Crippen LogP contribution in [0.5, 0.6) is 5.75 Å². The van der Waals surface area contributed by atoms with Gasteiger partial charge in [0, 0.05) is 5.02 Å². The lowest BCUT2D eigenvalue weighted by Gasteiger charge is -2.07. The highest BCUT2D eigenvalue weighted by atomic mass is 35.5. The van der Waals surface area contributed by atoms with E-state index >= 15 is 0 Å². The minimum Gasteiger partial charge on any atom is -0.486 e. The minimum absolute atomic E-state index is 0.161. The van der Waals surface area contributed by atoms with E-state index in [0.717, 1.165) is 12.0 Å². The van der Waals surface area contributed by atoms with Gasteiger partial charge in [-0.25, -0.2) is 4.79 Å². The van der Waals surface area contributed by atoms with Crippen molar-refractivity contribution in [3.63, 3.8) is 0 Å². The standard InChI is InChI=1S/C15H15ClO4/c1-3-10-6-11(4-5-14(10)16)19-8-12-7-13(15(17)18)9(2)20-12/h4-7H,3,8H2,1-2H3,(H,17,18). The normalized spacial score (nSPS) is 10.6. The number of aryl methyl sites for hydroxylation is 2. The quantitative estimate of drug-likeness (QED) is 0.902. The predicted molar refractivity (Wildman–Crippen MR) is 75.6 cm³/mol. The van der Waals surface area contributed by atoms with Crippen molar-refractivity contribution in [1.82, 2.24) is 0 Å². The predicted octanol–water partition coefficient (Wildman–Crippen LogP) is 4.08. The van der Waals surface area contributed by atoms with Gasteiger partial charge in [0.05, 0.1) is 0 Å². The monoisotopic (exact) mass is 294 g/mol. The summed E-state index contributed by atoms with van der Waals surface area (Å²) in [6.45, 7) is 3.81. The molecule has 0 spiro atoms. The molecule has 0 saturated heterocycles. The van der Waals surface area contributed by atoms with Crippen molar-refractivity contribution in [3.05, 3.63) is 51.9 Å². The number of rotatable bonds is 5. The molecule has 4 nitrogen and oxygen atoms in total. The molecule has 2 aromatic rings. The zero-order valence-corrected chi connectivity index (χ0v) is 12.0. The number of benzene rings is 1. The number of hydrogen-bond donors (Lipinski definition) is 1. The van der Waals surface area contributed by atoms with E-state index in [4.69, 9.17) is 25.9 Å². The molecule has 0 amide bonds. The lowest BCUT2D eigenvalue weighted by molar-refractivity contribution is 0.0695. The van der Waals surface area contributed by atoms with Crippen molar-refractivity contribution in [2.24, 2.45) is 0 Å². The fraction of sp³-hybridized carbons (Fsp3) is 0.267. The Morgan fingerprint density at radius 1 is 1.40 bits per heavy atom. The number of furan rings is 1. The van der Waals surface area contributed by atoms with Crippen LogP contribution in [0.4, 0.5) is 0 Å². The first kappa shape index (κ1) is 14.5. The molecule has 0 radical (unpaired) electrons. The lowest BCUT2D eigenvalue weighted by atomic mass is 10.1. The third kappa shape index (κ3) is 3.14. The summed E-state index contributed by atoms with van der Waals surface area (Å²) in [4.78, 5) is 10.9. The number of hydrogen-bond acceptors (Lipinski definition) is 3. The number of carboxylic acids is 1. The molecule has 20 heavy (non-hydrogen) atoms. The summed E-state index contributed by atoms with van der Waals surface area (Å²) >= 11 is 6.03. The topological polar surface area (TPSA) is 59.7 Å². The Labute approximate surface area is 121 Å². The van der Waals surface area contributed by atoms with Gasteiger partial charge in [0.1, 0.15) is 29.4 Å². The van der Waals surface area contributed by atoms with Crippen LogP contribution in [-0.4, -0.2) is 11.1 Å². The van der Waals surface area contributed by atoms with Gasteiger partial charge in [-0.3, -0.25) is 0 Å². The average Bonchev–Trinajstić information content (AvgIpc) is 2.79. The summed E-state index contributed by atoms with van der Waals surface area (Å²) in [5.41, 5.74) is 1.17. The van der Waals surface area contributed by atoms with Crippen molar-refractivity contribution in [3.8, 4) is 5.75 Å². The summed E-state index contributed by atoms with van der Waals surface area (Å²) in [5.74, 6) is 0.531. The first-order chi connectivity index (χ1) is 9.51. The van der Waals surface area contributed by atoms with E-state index in [2.05, 4.69) is 0 Å². The SMILES string of the molecule is CCc1cc(OCc2cc(C(=O)O)c(C)o2)ccc1Cl. The average molecular weight is 295 g/mol. The van der Waals surface area contributed by atoms with Crippen LogP contribution in [0.15, 0.2) is 28.7 Å². The zero-order valence-electron chi connectivity index (χ0n) is 11.3. The first-order valence-electron chi connectivity index (χ1n) is 6.25. The van der Waals surface area contributed by atoms with Crippen molar-refractivity contribution < 1.29 is 19.1 Å². The number of halogens is 1. The zero-order chi connectivity index (χ0) is 14.7. The Balaban J connectivity index is 2.09. The highest BCUT2D eigenvalue weighted by Crippen LogP contribution is 2.24. The summed E-state index contributed by atoms with van der Waals surface area (Å²) in [7, 11) is 0. The van der Waals surface area contributed by atoms with E-state index in [1.54, 1.807) is 19.1 Å². The molecule has 0 atom stereocenters. The second kappa shape index (κ2) is 6.01. The van der Waals surface area contributed by atoms with Crippen molar-refractivity contribution in [2.75, 3.05) is 0 Å². The van der Waals surface area contributed by atoms with Crippen LogP contribution in [0.1, 0.15) is 34.4 Å². The molecular weight excluding hydrogens is 280 g/mol. The van der Waals surface area contributed by atoms with E-state index < -0.39 is 5.97 Å². The second-order valence-electron chi connectivity index (χ2n) is 4.38. The summed E-state index contributed by atoms with van der Waals surface area (Å²) in [6.07, 6.45) is 0.819. The van der Waals surface area contributed by atoms with Gasteiger partial charge < -0.3 is 14.3 Å². The molecule has 2 rings (SSSR count). The highest BCUT2D eigenvalue weighted by molar-refractivity contribution is 6.31. The van der Waals surface area contributed by atoms with Crippen molar-refractivity contribution >= 4 is 17.6 Å². The van der Waals surface area contributed by atoms with Crippen LogP contribution in [-0.2, 0) is 13.0 Å². The Morgan fingerprint density at radius 2 is 2.15 bits per heavy atom. The van der Waals surface area contributed by atoms with E-state index in [9.17, 15) is 4.79 Å². The van der Waals surface area contributed by atoms with Crippen LogP contribution in [0, 0.1) is 6.92 Å². The second-order valence-corrected chi connectivity index (χ2v) is 4.79. The number of ether oxygens (including phenoxy) is 1. The maximum atomic E-state index is 10.9. The van der Waals surface area contributed by atoms with Crippen LogP contribution in [0.25, 0.3) is 0 Å².